The van der Waals surface area contributed by atoms with Gasteiger partial charge in [-0.2, -0.15) is 0 Å². The molecule has 1 N–H and O–H groups in total. The number of nitrogens with one attached hydrogen (secondary N) is 1. The first-order chi connectivity index (χ1) is 9.41. The molecule has 106 valence electrons. The van der Waals surface area contributed by atoms with Crippen LogP contribution >= 0.6 is 0 Å². The van der Waals surface area contributed by atoms with Crippen molar-refractivity contribution in [3.05, 3.63) is 47.7 Å². The monoisotopic (exact) mass is 271 g/mol. The summed E-state index contributed by atoms with van der Waals surface area (Å²) in [6, 6.07) is 10.2. The number of hydrogen-bond acceptors (Lipinski definition) is 2. The summed E-state index contributed by atoms with van der Waals surface area (Å²) < 4.78 is 4.98. The van der Waals surface area contributed by atoms with E-state index in [0.717, 1.165) is 11.3 Å². The van der Waals surface area contributed by atoms with Crippen LogP contribution in [0, 0.1) is 0 Å². The Morgan fingerprint density at radius 1 is 1.20 bits per heavy atom. The smallest absolute Gasteiger partial charge is 0.339 e. The Kier molecular flexibility index (Phi) is 3.98. The van der Waals surface area contributed by atoms with E-state index in [4.69, 9.17) is 4.74 Å². The van der Waals surface area contributed by atoms with Crippen LogP contribution in [0.3, 0.4) is 0 Å². The van der Waals surface area contributed by atoms with Crippen LogP contribution in [0.4, 0.5) is 0 Å². The Bertz CT molecular complexity index is 588. The van der Waals surface area contributed by atoms with Crippen molar-refractivity contribution in [1.82, 2.24) is 4.98 Å². The fourth-order valence-electron chi connectivity index (χ4n) is 2.04. The molecule has 0 bridgehead atoms. The zero-order valence-corrected chi connectivity index (χ0v) is 12.5. The third kappa shape index (κ3) is 3.10. The van der Waals surface area contributed by atoms with Crippen LogP contribution in [0.1, 0.15) is 43.6 Å². The molecular weight excluding hydrogens is 250 g/mol. The van der Waals surface area contributed by atoms with E-state index >= 15 is 0 Å². The molecule has 3 heteroatoms. The molecule has 1 aromatic carbocycles. The van der Waals surface area contributed by atoms with Crippen molar-refractivity contribution in [3.8, 4) is 11.3 Å². The molecule has 0 aliphatic heterocycles. The SMILES string of the molecule is CCOC(=O)c1c[nH]c(-c2ccc(C(C)(C)C)cc2)c1. The highest BCUT2D eigenvalue weighted by Crippen LogP contribution is 2.26. The lowest BCUT2D eigenvalue weighted by Gasteiger charge is -2.19. The predicted octanol–water partition coefficient (Wildman–Crippen LogP) is 4.16. The van der Waals surface area contributed by atoms with E-state index in [1.54, 1.807) is 13.1 Å². The number of carbonyl (C=O) groups is 1. The van der Waals surface area contributed by atoms with E-state index in [-0.39, 0.29) is 11.4 Å². The maximum Gasteiger partial charge on any atom is 0.339 e. The number of ether oxygens (including phenoxy) is 1. The average molecular weight is 271 g/mol. The fraction of sp³-hybridized carbons (Fsp3) is 0.353. The minimum atomic E-state index is -0.290. The van der Waals surface area contributed by atoms with Gasteiger partial charge in [0.25, 0.3) is 0 Å². The van der Waals surface area contributed by atoms with Crippen LogP contribution in [-0.2, 0) is 10.2 Å². The van der Waals surface area contributed by atoms with Crippen molar-refractivity contribution in [2.45, 2.75) is 33.1 Å². The van der Waals surface area contributed by atoms with Crippen molar-refractivity contribution in [3.63, 3.8) is 0 Å². The topological polar surface area (TPSA) is 42.1 Å². The molecule has 0 aliphatic carbocycles. The number of benzene rings is 1. The van der Waals surface area contributed by atoms with Gasteiger partial charge in [-0.3, -0.25) is 0 Å². The van der Waals surface area contributed by atoms with Gasteiger partial charge in [-0.1, -0.05) is 45.0 Å². The molecule has 0 amide bonds. The van der Waals surface area contributed by atoms with Crippen LogP contribution < -0.4 is 0 Å². The Labute approximate surface area is 120 Å². The first-order valence-electron chi connectivity index (χ1n) is 6.88. The standard InChI is InChI=1S/C17H21NO2/c1-5-20-16(19)13-10-15(18-11-13)12-6-8-14(9-7-12)17(2,3)4/h6-11,18H,5H2,1-4H3. The number of aromatic amines is 1. The summed E-state index contributed by atoms with van der Waals surface area (Å²) in [6.07, 6.45) is 1.69. The molecule has 0 atom stereocenters. The maximum absolute atomic E-state index is 11.6. The van der Waals surface area contributed by atoms with E-state index in [0.29, 0.717) is 12.2 Å². The molecule has 1 heterocycles. The van der Waals surface area contributed by atoms with Gasteiger partial charge in [0.15, 0.2) is 0 Å². The molecule has 0 saturated heterocycles. The summed E-state index contributed by atoms with van der Waals surface area (Å²) >= 11 is 0. The number of carbonyl (C=O) groups excluding carboxylic acids is 1. The number of aromatic nitrogens is 1. The first-order valence-corrected chi connectivity index (χ1v) is 6.88. The van der Waals surface area contributed by atoms with Crippen molar-refractivity contribution < 1.29 is 9.53 Å². The fourth-order valence-corrected chi connectivity index (χ4v) is 2.04. The van der Waals surface area contributed by atoms with Gasteiger partial charge in [0.05, 0.1) is 12.2 Å². The van der Waals surface area contributed by atoms with E-state index < -0.39 is 0 Å². The van der Waals surface area contributed by atoms with E-state index in [9.17, 15) is 4.79 Å². The molecule has 0 spiro atoms. The zero-order valence-electron chi connectivity index (χ0n) is 12.5. The second-order valence-electron chi connectivity index (χ2n) is 5.85. The highest BCUT2D eigenvalue weighted by molar-refractivity contribution is 5.90. The quantitative estimate of drug-likeness (QED) is 0.852. The molecule has 2 aromatic rings. The van der Waals surface area contributed by atoms with Crippen molar-refractivity contribution in [2.75, 3.05) is 6.61 Å². The molecule has 1 aromatic heterocycles. The summed E-state index contributed by atoms with van der Waals surface area (Å²) in [7, 11) is 0. The normalized spacial score (nSPS) is 11.4. The first kappa shape index (κ1) is 14.4. The number of esters is 1. The highest BCUT2D eigenvalue weighted by Gasteiger charge is 2.14. The zero-order chi connectivity index (χ0) is 14.8. The maximum atomic E-state index is 11.6. The Morgan fingerprint density at radius 3 is 2.40 bits per heavy atom. The molecule has 0 aliphatic rings. The largest absolute Gasteiger partial charge is 0.462 e. The van der Waals surface area contributed by atoms with Gasteiger partial charge in [0.2, 0.25) is 0 Å². The van der Waals surface area contributed by atoms with E-state index in [1.165, 1.54) is 5.56 Å². The average Bonchev–Trinajstić information content (AvgIpc) is 2.88. The molecule has 0 radical (unpaired) electrons. The summed E-state index contributed by atoms with van der Waals surface area (Å²) in [5, 5.41) is 0. The number of hydrogen-bond donors (Lipinski definition) is 1. The molecule has 3 nitrogen and oxygen atoms in total. The van der Waals surface area contributed by atoms with Crippen molar-refractivity contribution in [2.24, 2.45) is 0 Å². The molecule has 0 unspecified atom stereocenters. The lowest BCUT2D eigenvalue weighted by molar-refractivity contribution is 0.0526. The van der Waals surface area contributed by atoms with Gasteiger partial charge in [0.1, 0.15) is 0 Å². The van der Waals surface area contributed by atoms with Crippen LogP contribution in [0.15, 0.2) is 36.5 Å². The third-order valence-corrected chi connectivity index (χ3v) is 3.26. The number of H-pyrrole nitrogens is 1. The summed E-state index contributed by atoms with van der Waals surface area (Å²) in [5.41, 5.74) is 3.98. The lowest BCUT2D eigenvalue weighted by atomic mass is 9.86. The van der Waals surface area contributed by atoms with Gasteiger partial charge >= 0.3 is 5.97 Å². The van der Waals surface area contributed by atoms with Gasteiger partial charge in [-0.05, 0) is 29.5 Å². The van der Waals surface area contributed by atoms with E-state index in [1.807, 2.05) is 6.07 Å². The van der Waals surface area contributed by atoms with Crippen molar-refractivity contribution in [1.29, 1.82) is 0 Å². The Balaban J connectivity index is 2.22. The molecular formula is C17H21NO2. The summed E-state index contributed by atoms with van der Waals surface area (Å²) in [4.78, 5) is 14.8. The summed E-state index contributed by atoms with van der Waals surface area (Å²) in [6.45, 7) is 8.76. The third-order valence-electron chi connectivity index (χ3n) is 3.26. The molecule has 0 fully saturated rings. The van der Waals surface area contributed by atoms with Gasteiger partial charge in [-0.15, -0.1) is 0 Å². The minimum absolute atomic E-state index is 0.143. The van der Waals surface area contributed by atoms with Crippen molar-refractivity contribution >= 4 is 5.97 Å². The summed E-state index contributed by atoms with van der Waals surface area (Å²) in [5.74, 6) is -0.290. The van der Waals surface area contributed by atoms with Gasteiger partial charge in [0, 0.05) is 11.9 Å². The highest BCUT2D eigenvalue weighted by atomic mass is 16.5. The number of rotatable bonds is 3. The predicted molar refractivity (Wildman–Crippen MR) is 80.9 cm³/mol. The molecule has 20 heavy (non-hydrogen) atoms. The lowest BCUT2D eigenvalue weighted by Crippen LogP contribution is -2.10. The Hall–Kier alpha value is -2.03. The Morgan fingerprint density at radius 2 is 1.85 bits per heavy atom. The van der Waals surface area contributed by atoms with Gasteiger partial charge in [-0.25, -0.2) is 4.79 Å². The molecule has 2 rings (SSSR count). The molecule has 0 saturated carbocycles. The van der Waals surface area contributed by atoms with Crippen LogP contribution in [-0.4, -0.2) is 17.6 Å². The van der Waals surface area contributed by atoms with E-state index in [2.05, 4.69) is 50.0 Å². The van der Waals surface area contributed by atoms with Crippen LogP contribution in [0.2, 0.25) is 0 Å². The van der Waals surface area contributed by atoms with Gasteiger partial charge < -0.3 is 9.72 Å². The van der Waals surface area contributed by atoms with Crippen LogP contribution in [0.5, 0.6) is 0 Å². The minimum Gasteiger partial charge on any atom is -0.462 e. The second kappa shape index (κ2) is 5.53. The second-order valence-corrected chi connectivity index (χ2v) is 5.85. The van der Waals surface area contributed by atoms with Crippen LogP contribution in [0.25, 0.3) is 11.3 Å².